The third kappa shape index (κ3) is 4.04. The zero-order valence-corrected chi connectivity index (χ0v) is 11.8. The second-order valence-electron chi connectivity index (χ2n) is 4.68. The highest BCUT2D eigenvalue weighted by molar-refractivity contribution is 5.95. The number of aliphatic hydroxyl groups is 1. The summed E-state index contributed by atoms with van der Waals surface area (Å²) in [4.78, 5) is 12.2. The fraction of sp³-hybridized carbons (Fsp3) is 0.167. The first kappa shape index (κ1) is 15.0. The van der Waals surface area contributed by atoms with Crippen molar-refractivity contribution < 1.29 is 14.6 Å². The van der Waals surface area contributed by atoms with Crippen LogP contribution in [0.25, 0.3) is 5.57 Å². The first-order chi connectivity index (χ1) is 10.2. The van der Waals surface area contributed by atoms with Gasteiger partial charge in [-0.25, -0.2) is 4.79 Å². The van der Waals surface area contributed by atoms with E-state index in [4.69, 9.17) is 9.84 Å². The Morgan fingerprint density at radius 1 is 1.00 bits per heavy atom. The van der Waals surface area contributed by atoms with Crippen LogP contribution in [0, 0.1) is 0 Å². The van der Waals surface area contributed by atoms with Crippen LogP contribution in [0.1, 0.15) is 27.9 Å². The van der Waals surface area contributed by atoms with Crippen molar-refractivity contribution in [3.8, 4) is 0 Å². The van der Waals surface area contributed by atoms with Gasteiger partial charge >= 0.3 is 5.97 Å². The molecule has 0 aliphatic carbocycles. The Kier molecular flexibility index (Phi) is 5.29. The van der Waals surface area contributed by atoms with E-state index in [-0.39, 0.29) is 19.2 Å². The maximum absolute atomic E-state index is 12.2. The Balaban J connectivity index is 2.10. The summed E-state index contributed by atoms with van der Waals surface area (Å²) in [6.07, 6.45) is 0.434. The van der Waals surface area contributed by atoms with E-state index in [0.717, 1.165) is 16.7 Å². The molecule has 0 saturated heterocycles. The van der Waals surface area contributed by atoms with Gasteiger partial charge < -0.3 is 9.84 Å². The van der Waals surface area contributed by atoms with Crippen LogP contribution in [0.2, 0.25) is 0 Å². The molecule has 0 aliphatic rings. The van der Waals surface area contributed by atoms with Crippen LogP contribution in [0.5, 0.6) is 0 Å². The Morgan fingerprint density at radius 3 is 2.29 bits per heavy atom. The van der Waals surface area contributed by atoms with E-state index in [0.29, 0.717) is 12.0 Å². The third-order valence-corrected chi connectivity index (χ3v) is 3.15. The van der Waals surface area contributed by atoms with Crippen LogP contribution in [0.4, 0.5) is 0 Å². The fourth-order valence-corrected chi connectivity index (χ4v) is 2.04. The Labute approximate surface area is 124 Å². The van der Waals surface area contributed by atoms with Gasteiger partial charge in [0, 0.05) is 6.61 Å². The Bertz CT molecular complexity index is 617. The van der Waals surface area contributed by atoms with Crippen LogP contribution >= 0.6 is 0 Å². The molecule has 0 fully saturated rings. The molecule has 21 heavy (non-hydrogen) atoms. The second-order valence-corrected chi connectivity index (χ2v) is 4.68. The van der Waals surface area contributed by atoms with Crippen molar-refractivity contribution in [2.45, 2.75) is 13.0 Å². The molecule has 2 aromatic rings. The minimum Gasteiger partial charge on any atom is -0.457 e. The van der Waals surface area contributed by atoms with Gasteiger partial charge in [0.15, 0.2) is 0 Å². The van der Waals surface area contributed by atoms with Crippen molar-refractivity contribution in [3.05, 3.63) is 77.9 Å². The van der Waals surface area contributed by atoms with Gasteiger partial charge in [-0.15, -0.1) is 0 Å². The minimum absolute atomic E-state index is 0.00618. The SMILES string of the molecule is C=C(CCO)c1ccccc1C(=O)OCc1ccccc1. The van der Waals surface area contributed by atoms with E-state index < -0.39 is 0 Å². The highest BCUT2D eigenvalue weighted by Crippen LogP contribution is 2.21. The predicted molar refractivity (Wildman–Crippen MR) is 82.7 cm³/mol. The van der Waals surface area contributed by atoms with Gasteiger partial charge in [0.2, 0.25) is 0 Å². The zero-order chi connectivity index (χ0) is 15.1. The molecule has 0 bridgehead atoms. The molecule has 2 rings (SSSR count). The summed E-state index contributed by atoms with van der Waals surface area (Å²) in [5.74, 6) is -0.381. The molecular weight excluding hydrogens is 264 g/mol. The number of aliphatic hydroxyl groups excluding tert-OH is 1. The average molecular weight is 282 g/mol. The van der Waals surface area contributed by atoms with Crippen molar-refractivity contribution >= 4 is 11.5 Å². The summed E-state index contributed by atoms with van der Waals surface area (Å²) >= 11 is 0. The molecule has 1 N–H and O–H groups in total. The van der Waals surface area contributed by atoms with E-state index in [2.05, 4.69) is 6.58 Å². The van der Waals surface area contributed by atoms with E-state index in [1.807, 2.05) is 42.5 Å². The summed E-state index contributed by atoms with van der Waals surface area (Å²) in [7, 11) is 0. The Morgan fingerprint density at radius 2 is 1.62 bits per heavy atom. The number of rotatable bonds is 6. The molecule has 0 atom stereocenters. The minimum atomic E-state index is -0.381. The van der Waals surface area contributed by atoms with Gasteiger partial charge in [-0.05, 0) is 29.2 Å². The van der Waals surface area contributed by atoms with E-state index in [9.17, 15) is 4.79 Å². The lowest BCUT2D eigenvalue weighted by Crippen LogP contribution is -2.08. The molecule has 0 saturated carbocycles. The molecule has 2 aromatic carbocycles. The predicted octanol–water partition coefficient (Wildman–Crippen LogP) is 3.44. The maximum Gasteiger partial charge on any atom is 0.339 e. The van der Waals surface area contributed by atoms with Crippen LogP contribution in [-0.2, 0) is 11.3 Å². The van der Waals surface area contributed by atoms with Crippen molar-refractivity contribution in [1.29, 1.82) is 0 Å². The molecular formula is C18H18O3. The summed E-state index contributed by atoms with van der Waals surface area (Å²) in [6.45, 7) is 4.15. The lowest BCUT2D eigenvalue weighted by Gasteiger charge is -2.11. The summed E-state index contributed by atoms with van der Waals surface area (Å²) in [5, 5.41) is 9.00. The van der Waals surface area contributed by atoms with Gasteiger partial charge in [0.25, 0.3) is 0 Å². The number of hydrogen-bond acceptors (Lipinski definition) is 3. The average Bonchev–Trinajstić information content (AvgIpc) is 2.54. The number of carbonyl (C=O) groups is 1. The molecule has 0 radical (unpaired) electrons. The number of carbonyl (C=O) groups excluding carboxylic acids is 1. The summed E-state index contributed by atoms with van der Waals surface area (Å²) < 4.78 is 5.34. The topological polar surface area (TPSA) is 46.5 Å². The van der Waals surface area contributed by atoms with Crippen LogP contribution in [0.15, 0.2) is 61.2 Å². The summed E-state index contributed by atoms with van der Waals surface area (Å²) in [6, 6.07) is 16.7. The molecule has 0 unspecified atom stereocenters. The van der Waals surface area contributed by atoms with Gasteiger partial charge in [0.05, 0.1) is 5.56 Å². The summed E-state index contributed by atoms with van der Waals surface area (Å²) in [5.41, 5.74) is 2.87. The largest absolute Gasteiger partial charge is 0.457 e. The lowest BCUT2D eigenvalue weighted by atomic mass is 9.99. The van der Waals surface area contributed by atoms with Gasteiger partial charge in [0.1, 0.15) is 6.61 Å². The molecule has 0 aliphatic heterocycles. The highest BCUT2D eigenvalue weighted by Gasteiger charge is 2.14. The maximum atomic E-state index is 12.2. The van der Waals surface area contributed by atoms with E-state index in [1.165, 1.54) is 0 Å². The van der Waals surface area contributed by atoms with E-state index in [1.54, 1.807) is 12.1 Å². The first-order valence-electron chi connectivity index (χ1n) is 6.81. The molecule has 0 aromatic heterocycles. The van der Waals surface area contributed by atoms with Crippen LogP contribution in [0.3, 0.4) is 0 Å². The monoisotopic (exact) mass is 282 g/mol. The van der Waals surface area contributed by atoms with Crippen molar-refractivity contribution in [3.63, 3.8) is 0 Å². The number of esters is 1. The van der Waals surface area contributed by atoms with Crippen molar-refractivity contribution in [2.24, 2.45) is 0 Å². The normalized spacial score (nSPS) is 10.1. The molecule has 0 heterocycles. The highest BCUT2D eigenvalue weighted by atomic mass is 16.5. The molecule has 0 spiro atoms. The number of hydrogen-bond donors (Lipinski definition) is 1. The van der Waals surface area contributed by atoms with Crippen LogP contribution < -0.4 is 0 Å². The molecule has 3 nitrogen and oxygen atoms in total. The van der Waals surface area contributed by atoms with Gasteiger partial charge in [-0.3, -0.25) is 0 Å². The zero-order valence-electron chi connectivity index (χ0n) is 11.8. The molecule has 0 amide bonds. The lowest BCUT2D eigenvalue weighted by molar-refractivity contribution is 0.0472. The molecule has 108 valence electrons. The van der Waals surface area contributed by atoms with Crippen LogP contribution in [-0.4, -0.2) is 17.7 Å². The number of ether oxygens (including phenoxy) is 1. The quantitative estimate of drug-likeness (QED) is 0.826. The Hall–Kier alpha value is -2.39. The van der Waals surface area contributed by atoms with Gasteiger partial charge in [-0.2, -0.15) is 0 Å². The number of benzene rings is 2. The van der Waals surface area contributed by atoms with E-state index >= 15 is 0 Å². The smallest absolute Gasteiger partial charge is 0.339 e. The van der Waals surface area contributed by atoms with Gasteiger partial charge in [-0.1, -0.05) is 55.1 Å². The molecule has 3 heteroatoms. The van der Waals surface area contributed by atoms with Crippen molar-refractivity contribution in [2.75, 3.05) is 6.61 Å². The standard InChI is InChI=1S/C18H18O3/c1-14(11-12-19)16-9-5-6-10-17(16)18(20)21-13-15-7-3-2-4-8-15/h2-10,19H,1,11-13H2. The second kappa shape index (κ2) is 7.41. The van der Waals surface area contributed by atoms with Crippen molar-refractivity contribution in [1.82, 2.24) is 0 Å². The third-order valence-electron chi connectivity index (χ3n) is 3.15. The fourth-order valence-electron chi connectivity index (χ4n) is 2.04. The first-order valence-corrected chi connectivity index (χ1v) is 6.81.